The molecule has 218 valence electrons. The third-order valence-corrected chi connectivity index (χ3v) is 6.96. The molecule has 0 saturated carbocycles. The quantitative estimate of drug-likeness (QED) is 0.0956. The van der Waals surface area contributed by atoms with Crippen LogP contribution in [0.2, 0.25) is 0 Å². The van der Waals surface area contributed by atoms with Crippen molar-refractivity contribution < 1.29 is 28.5 Å². The fraction of sp³-hybridized carbons (Fsp3) is 0.529. The van der Waals surface area contributed by atoms with E-state index < -0.39 is 0 Å². The highest BCUT2D eigenvalue weighted by atomic mass is 16.6. The minimum Gasteiger partial charge on any atom is -0.488 e. The lowest BCUT2D eigenvalue weighted by Crippen LogP contribution is -2.22. The highest BCUT2D eigenvalue weighted by Gasteiger charge is 2.19. The molecule has 0 N–H and O–H groups in total. The van der Waals surface area contributed by atoms with Gasteiger partial charge >= 0.3 is 11.9 Å². The predicted octanol–water partition coefficient (Wildman–Crippen LogP) is 8.34. The zero-order valence-corrected chi connectivity index (χ0v) is 24.9. The van der Waals surface area contributed by atoms with E-state index in [0.717, 1.165) is 78.0 Å². The van der Waals surface area contributed by atoms with Gasteiger partial charge in [-0.2, -0.15) is 0 Å². The van der Waals surface area contributed by atoms with Crippen molar-refractivity contribution in [1.82, 2.24) is 0 Å². The summed E-state index contributed by atoms with van der Waals surface area (Å²) in [5.41, 5.74) is 1.18. The van der Waals surface area contributed by atoms with Crippen LogP contribution in [-0.2, 0) is 25.5 Å². The van der Waals surface area contributed by atoms with E-state index in [0.29, 0.717) is 12.8 Å². The molecule has 0 spiro atoms. The molecule has 0 aliphatic rings. The molecule has 0 aliphatic carbocycles. The minimum atomic E-state index is -0.374. The van der Waals surface area contributed by atoms with Gasteiger partial charge in [0.1, 0.15) is 36.9 Å². The summed E-state index contributed by atoms with van der Waals surface area (Å²) in [6.45, 7) is 10.6. The Balaban J connectivity index is 1.84. The average Bonchev–Trinajstić information content (AvgIpc) is 2.94. The molecule has 2 atom stereocenters. The number of ether oxygens (including phenoxy) is 4. The molecule has 0 aromatic heterocycles. The molecule has 2 unspecified atom stereocenters. The van der Waals surface area contributed by atoms with Crippen molar-refractivity contribution in [3.63, 3.8) is 0 Å². The van der Waals surface area contributed by atoms with Gasteiger partial charge in [0.25, 0.3) is 0 Å². The van der Waals surface area contributed by atoms with Crippen molar-refractivity contribution in [3.8, 4) is 11.5 Å². The number of unbranched alkanes of at least 4 members (excludes halogenated alkanes) is 4. The Kier molecular flexibility index (Phi) is 12.6. The molecular weight excluding hydrogens is 504 g/mol. The summed E-state index contributed by atoms with van der Waals surface area (Å²) >= 11 is 0. The number of aryl methyl sites for hydroxylation is 1. The molecule has 0 bridgehead atoms. The van der Waals surface area contributed by atoms with E-state index in [1.165, 1.54) is 5.56 Å². The first kappa shape index (κ1) is 31.3. The number of carbonyl (C=O) groups is 2. The molecule has 0 aliphatic heterocycles. The second-order valence-electron chi connectivity index (χ2n) is 10.6. The highest BCUT2D eigenvalue weighted by molar-refractivity contribution is 6.11. The van der Waals surface area contributed by atoms with Crippen molar-refractivity contribution in [2.45, 2.75) is 105 Å². The molecule has 40 heavy (non-hydrogen) atoms. The molecule has 6 heteroatoms. The van der Waals surface area contributed by atoms with Crippen LogP contribution in [0.3, 0.4) is 0 Å². The Labute approximate surface area is 239 Å². The largest absolute Gasteiger partial charge is 0.488 e. The first-order valence-electron chi connectivity index (χ1n) is 15.0. The molecule has 3 aromatic rings. The molecule has 0 heterocycles. The highest BCUT2D eigenvalue weighted by Crippen LogP contribution is 2.43. The van der Waals surface area contributed by atoms with E-state index in [4.69, 9.17) is 18.9 Å². The lowest BCUT2D eigenvalue weighted by molar-refractivity contribution is -0.150. The van der Waals surface area contributed by atoms with Crippen molar-refractivity contribution in [1.29, 1.82) is 0 Å². The number of rotatable bonds is 17. The van der Waals surface area contributed by atoms with Gasteiger partial charge in [0, 0.05) is 34.4 Å². The summed E-state index contributed by atoms with van der Waals surface area (Å²) in [6.07, 6.45) is 6.86. The average molecular weight is 551 g/mol. The SMILES string of the molecule is CCCCCC(=O)OC(C)COc1c2ccccc2c(OCC(C)OC(=O)CCCCC)c2cc(CC)ccc12. The second kappa shape index (κ2) is 16.1. The van der Waals surface area contributed by atoms with Gasteiger partial charge < -0.3 is 18.9 Å². The lowest BCUT2D eigenvalue weighted by Gasteiger charge is -2.21. The molecule has 0 fully saturated rings. The Morgan fingerprint density at radius 2 is 1.12 bits per heavy atom. The van der Waals surface area contributed by atoms with Crippen LogP contribution in [0.15, 0.2) is 42.5 Å². The van der Waals surface area contributed by atoms with E-state index in [9.17, 15) is 9.59 Å². The molecule has 0 amide bonds. The van der Waals surface area contributed by atoms with Crippen LogP contribution in [-0.4, -0.2) is 37.4 Å². The van der Waals surface area contributed by atoms with Crippen molar-refractivity contribution in [2.75, 3.05) is 13.2 Å². The summed E-state index contributed by atoms with van der Waals surface area (Å²) in [5.74, 6) is 1.12. The molecule has 6 nitrogen and oxygen atoms in total. The van der Waals surface area contributed by atoms with Gasteiger partial charge in [-0.1, -0.05) is 82.9 Å². The van der Waals surface area contributed by atoms with Gasteiger partial charge in [-0.05, 0) is 44.7 Å². The maximum absolute atomic E-state index is 12.2. The van der Waals surface area contributed by atoms with Crippen LogP contribution in [0.4, 0.5) is 0 Å². The van der Waals surface area contributed by atoms with Crippen LogP contribution in [0, 0.1) is 0 Å². The van der Waals surface area contributed by atoms with E-state index in [-0.39, 0.29) is 37.4 Å². The van der Waals surface area contributed by atoms with E-state index in [2.05, 4.69) is 39.0 Å². The number of esters is 2. The second-order valence-corrected chi connectivity index (χ2v) is 10.6. The van der Waals surface area contributed by atoms with Crippen molar-refractivity contribution >= 4 is 33.5 Å². The summed E-state index contributed by atoms with van der Waals surface area (Å²) in [5, 5.41) is 3.71. The summed E-state index contributed by atoms with van der Waals surface area (Å²) in [7, 11) is 0. The number of hydrogen-bond acceptors (Lipinski definition) is 6. The van der Waals surface area contributed by atoms with Crippen LogP contribution < -0.4 is 9.47 Å². The topological polar surface area (TPSA) is 71.1 Å². The number of fused-ring (bicyclic) bond motifs is 2. The smallest absolute Gasteiger partial charge is 0.306 e. The Bertz CT molecular complexity index is 1250. The van der Waals surface area contributed by atoms with Gasteiger partial charge in [0.05, 0.1) is 0 Å². The van der Waals surface area contributed by atoms with E-state index >= 15 is 0 Å². The maximum Gasteiger partial charge on any atom is 0.306 e. The normalized spacial score (nSPS) is 12.7. The number of carbonyl (C=O) groups excluding carboxylic acids is 2. The summed E-state index contributed by atoms with van der Waals surface area (Å²) < 4.78 is 24.0. The zero-order valence-electron chi connectivity index (χ0n) is 24.9. The van der Waals surface area contributed by atoms with Gasteiger partial charge in [-0.15, -0.1) is 0 Å². The van der Waals surface area contributed by atoms with Crippen LogP contribution in [0.5, 0.6) is 11.5 Å². The zero-order chi connectivity index (χ0) is 28.9. The van der Waals surface area contributed by atoms with Gasteiger partial charge in [0.2, 0.25) is 0 Å². The molecule has 3 aromatic carbocycles. The third-order valence-electron chi connectivity index (χ3n) is 6.96. The summed E-state index contributed by atoms with van der Waals surface area (Å²) in [4.78, 5) is 24.4. The standard InChI is InChI=1S/C34H46O6/c1-6-9-11-17-31(35)39-24(4)22-37-33-27-15-13-14-16-28(27)34(30-21-26(8-3)19-20-29(30)33)38-23-25(5)40-32(36)18-12-10-7-2/h13-16,19-21,24-25H,6-12,17-18,22-23H2,1-5H3. The van der Waals surface area contributed by atoms with Crippen LogP contribution in [0.25, 0.3) is 21.5 Å². The fourth-order valence-corrected chi connectivity index (χ4v) is 4.75. The molecule has 3 rings (SSSR count). The predicted molar refractivity (Wildman–Crippen MR) is 161 cm³/mol. The van der Waals surface area contributed by atoms with Gasteiger partial charge in [0.15, 0.2) is 0 Å². The summed E-state index contributed by atoms with van der Waals surface area (Å²) in [6, 6.07) is 14.3. The van der Waals surface area contributed by atoms with Crippen LogP contribution in [0.1, 0.15) is 91.5 Å². The molecule has 0 radical (unpaired) electrons. The Morgan fingerprint density at radius 3 is 1.60 bits per heavy atom. The van der Waals surface area contributed by atoms with Crippen molar-refractivity contribution in [2.24, 2.45) is 0 Å². The van der Waals surface area contributed by atoms with Crippen LogP contribution >= 0.6 is 0 Å². The molecule has 0 saturated heterocycles. The van der Waals surface area contributed by atoms with Crippen molar-refractivity contribution in [3.05, 3.63) is 48.0 Å². The first-order valence-corrected chi connectivity index (χ1v) is 15.0. The van der Waals surface area contributed by atoms with E-state index in [1.54, 1.807) is 0 Å². The third kappa shape index (κ3) is 8.87. The molecular formula is C34H46O6. The number of hydrogen-bond donors (Lipinski definition) is 0. The first-order chi connectivity index (χ1) is 19.4. The van der Waals surface area contributed by atoms with E-state index in [1.807, 2.05) is 38.1 Å². The lowest BCUT2D eigenvalue weighted by atomic mass is 9.98. The Morgan fingerprint density at radius 1 is 0.650 bits per heavy atom. The minimum absolute atomic E-state index is 0.184. The van der Waals surface area contributed by atoms with Gasteiger partial charge in [-0.3, -0.25) is 9.59 Å². The monoisotopic (exact) mass is 550 g/mol. The van der Waals surface area contributed by atoms with Gasteiger partial charge in [-0.25, -0.2) is 0 Å². The Hall–Kier alpha value is -3.28. The maximum atomic E-state index is 12.2. The number of benzene rings is 3. The fourth-order valence-electron chi connectivity index (χ4n) is 4.75.